The fourth-order valence-electron chi connectivity index (χ4n) is 3.90. The lowest BCUT2D eigenvalue weighted by atomic mass is 9.97. The number of benzene rings is 2. The smallest absolute Gasteiger partial charge is 0.222 e. The molecule has 0 saturated carbocycles. The van der Waals surface area contributed by atoms with Gasteiger partial charge in [-0.05, 0) is 31.0 Å². The second-order valence-electron chi connectivity index (χ2n) is 7.25. The van der Waals surface area contributed by atoms with Crippen LogP contribution >= 0.6 is 0 Å². The van der Waals surface area contributed by atoms with Crippen molar-refractivity contribution in [2.24, 2.45) is 0 Å². The number of nitrogens with one attached hydrogen (secondary N) is 2. The normalized spacial score (nSPS) is 15.3. The van der Waals surface area contributed by atoms with Crippen molar-refractivity contribution in [2.45, 2.75) is 25.3 Å². The van der Waals surface area contributed by atoms with Gasteiger partial charge in [0.05, 0.1) is 6.04 Å². The molecule has 4 rings (SSSR count). The monoisotopic (exact) mass is 375 g/mol. The highest BCUT2D eigenvalue weighted by molar-refractivity contribution is 6.10. The fourth-order valence-corrected chi connectivity index (χ4v) is 3.90. The highest BCUT2D eigenvalue weighted by atomic mass is 16.2. The van der Waals surface area contributed by atoms with Crippen molar-refractivity contribution < 1.29 is 9.59 Å². The van der Waals surface area contributed by atoms with Gasteiger partial charge in [-0.25, -0.2) is 0 Å². The molecule has 1 aliphatic heterocycles. The molecular weight excluding hydrogens is 350 g/mol. The summed E-state index contributed by atoms with van der Waals surface area (Å²) in [5, 5.41) is 4.37. The van der Waals surface area contributed by atoms with E-state index in [9.17, 15) is 9.59 Å². The SMILES string of the molecule is O=C(c1c[nH]c2ccccc12)[C@H](NCCCN1CCCC1=O)c1ccccc1. The Balaban J connectivity index is 1.49. The maximum absolute atomic E-state index is 13.4. The Morgan fingerprint density at radius 2 is 1.89 bits per heavy atom. The summed E-state index contributed by atoms with van der Waals surface area (Å²) in [5.41, 5.74) is 2.62. The minimum Gasteiger partial charge on any atom is -0.360 e. The lowest BCUT2D eigenvalue weighted by Gasteiger charge is -2.20. The van der Waals surface area contributed by atoms with E-state index in [1.807, 2.05) is 59.5 Å². The molecule has 0 aliphatic carbocycles. The van der Waals surface area contributed by atoms with Gasteiger partial charge in [0.25, 0.3) is 0 Å². The van der Waals surface area contributed by atoms with Crippen LogP contribution in [0.1, 0.15) is 41.2 Å². The van der Waals surface area contributed by atoms with E-state index in [2.05, 4.69) is 10.3 Å². The van der Waals surface area contributed by atoms with Crippen molar-refractivity contribution in [1.82, 2.24) is 15.2 Å². The number of para-hydroxylation sites is 1. The first kappa shape index (κ1) is 18.4. The van der Waals surface area contributed by atoms with Gasteiger partial charge in [-0.15, -0.1) is 0 Å². The second kappa shape index (κ2) is 8.40. The first-order chi connectivity index (χ1) is 13.7. The van der Waals surface area contributed by atoms with Gasteiger partial charge in [0.2, 0.25) is 5.91 Å². The van der Waals surface area contributed by atoms with Gasteiger partial charge >= 0.3 is 0 Å². The summed E-state index contributed by atoms with van der Waals surface area (Å²) in [6.45, 7) is 2.28. The van der Waals surface area contributed by atoms with Crippen LogP contribution < -0.4 is 5.32 Å². The molecule has 0 unspecified atom stereocenters. The van der Waals surface area contributed by atoms with E-state index in [4.69, 9.17) is 0 Å². The zero-order chi connectivity index (χ0) is 19.3. The number of carbonyl (C=O) groups excluding carboxylic acids is 2. The van der Waals surface area contributed by atoms with E-state index in [1.54, 1.807) is 6.20 Å². The number of aromatic nitrogens is 1. The summed E-state index contributed by atoms with van der Waals surface area (Å²) >= 11 is 0. The van der Waals surface area contributed by atoms with E-state index < -0.39 is 6.04 Å². The molecule has 28 heavy (non-hydrogen) atoms. The summed E-state index contributed by atoms with van der Waals surface area (Å²) in [7, 11) is 0. The van der Waals surface area contributed by atoms with E-state index >= 15 is 0 Å². The zero-order valence-electron chi connectivity index (χ0n) is 15.9. The maximum Gasteiger partial charge on any atom is 0.222 e. The molecule has 144 valence electrons. The number of carbonyl (C=O) groups is 2. The van der Waals surface area contributed by atoms with Gasteiger partial charge in [0, 0.05) is 42.2 Å². The number of nitrogens with zero attached hydrogens (tertiary/aromatic N) is 1. The molecule has 0 spiro atoms. The first-order valence-corrected chi connectivity index (χ1v) is 9.90. The van der Waals surface area contributed by atoms with Crippen molar-refractivity contribution in [2.75, 3.05) is 19.6 Å². The molecule has 0 radical (unpaired) electrons. The zero-order valence-corrected chi connectivity index (χ0v) is 15.9. The third kappa shape index (κ3) is 3.85. The summed E-state index contributed by atoms with van der Waals surface area (Å²) < 4.78 is 0. The van der Waals surface area contributed by atoms with Crippen molar-refractivity contribution in [3.63, 3.8) is 0 Å². The molecule has 1 aromatic heterocycles. The van der Waals surface area contributed by atoms with Crippen LogP contribution in [-0.4, -0.2) is 41.2 Å². The van der Waals surface area contributed by atoms with Crippen molar-refractivity contribution in [3.8, 4) is 0 Å². The minimum atomic E-state index is -0.408. The number of rotatable bonds is 8. The van der Waals surface area contributed by atoms with Crippen LogP contribution in [0.15, 0.2) is 60.8 Å². The Kier molecular flexibility index (Phi) is 5.53. The molecule has 1 fully saturated rings. The summed E-state index contributed by atoms with van der Waals surface area (Å²) in [5.74, 6) is 0.301. The topological polar surface area (TPSA) is 65.2 Å². The Hall–Kier alpha value is -2.92. The van der Waals surface area contributed by atoms with Gasteiger partial charge in [0.15, 0.2) is 5.78 Å². The van der Waals surface area contributed by atoms with Crippen LogP contribution in [0.4, 0.5) is 0 Å². The molecule has 5 heteroatoms. The van der Waals surface area contributed by atoms with Crippen LogP contribution in [-0.2, 0) is 4.79 Å². The second-order valence-corrected chi connectivity index (χ2v) is 7.25. The molecule has 2 heterocycles. The number of ketones is 1. The molecule has 1 aliphatic rings. The maximum atomic E-state index is 13.4. The Morgan fingerprint density at radius 3 is 2.68 bits per heavy atom. The largest absolute Gasteiger partial charge is 0.360 e. The number of H-pyrrole nitrogens is 1. The van der Waals surface area contributed by atoms with Crippen LogP contribution in [0.5, 0.6) is 0 Å². The highest BCUT2D eigenvalue weighted by Gasteiger charge is 2.24. The van der Waals surface area contributed by atoms with Gasteiger partial charge in [-0.1, -0.05) is 48.5 Å². The number of hydrogen-bond donors (Lipinski definition) is 2. The Labute approximate surface area is 164 Å². The average Bonchev–Trinajstić information content (AvgIpc) is 3.34. The number of Topliss-reactive ketones (excluding diaryl/α,β-unsaturated/α-hetero) is 1. The summed E-state index contributed by atoms with van der Waals surface area (Å²) in [4.78, 5) is 30.2. The molecule has 1 saturated heterocycles. The van der Waals surface area contributed by atoms with Gasteiger partial charge in [-0.2, -0.15) is 0 Å². The van der Waals surface area contributed by atoms with Gasteiger partial charge in [-0.3, -0.25) is 9.59 Å². The molecule has 1 amide bonds. The van der Waals surface area contributed by atoms with Gasteiger partial charge < -0.3 is 15.2 Å². The Bertz CT molecular complexity index is 964. The number of likely N-dealkylation sites (tertiary alicyclic amines) is 1. The predicted molar refractivity (Wildman–Crippen MR) is 110 cm³/mol. The number of aromatic amines is 1. The van der Waals surface area contributed by atoms with Crippen LogP contribution in [0.2, 0.25) is 0 Å². The third-order valence-electron chi connectivity index (χ3n) is 5.37. The van der Waals surface area contributed by atoms with Crippen LogP contribution in [0, 0.1) is 0 Å². The lowest BCUT2D eigenvalue weighted by Crippen LogP contribution is -2.32. The molecule has 2 aromatic carbocycles. The van der Waals surface area contributed by atoms with Gasteiger partial charge in [0.1, 0.15) is 0 Å². The molecule has 0 bridgehead atoms. The van der Waals surface area contributed by atoms with E-state index in [0.717, 1.165) is 42.4 Å². The average molecular weight is 375 g/mol. The molecule has 2 N–H and O–H groups in total. The molecular formula is C23H25N3O2. The number of hydrogen-bond acceptors (Lipinski definition) is 3. The highest BCUT2D eigenvalue weighted by Crippen LogP contribution is 2.24. The lowest BCUT2D eigenvalue weighted by molar-refractivity contribution is -0.127. The van der Waals surface area contributed by atoms with E-state index in [1.165, 1.54) is 0 Å². The van der Waals surface area contributed by atoms with E-state index in [-0.39, 0.29) is 11.7 Å². The van der Waals surface area contributed by atoms with Crippen molar-refractivity contribution in [3.05, 3.63) is 71.9 Å². The molecule has 3 aromatic rings. The summed E-state index contributed by atoms with van der Waals surface area (Å²) in [6, 6.07) is 17.3. The first-order valence-electron chi connectivity index (χ1n) is 9.90. The van der Waals surface area contributed by atoms with Crippen molar-refractivity contribution in [1.29, 1.82) is 0 Å². The van der Waals surface area contributed by atoms with Crippen molar-refractivity contribution >= 4 is 22.6 Å². The van der Waals surface area contributed by atoms with Crippen LogP contribution in [0.25, 0.3) is 10.9 Å². The fraction of sp³-hybridized carbons (Fsp3) is 0.304. The number of fused-ring (bicyclic) bond motifs is 1. The minimum absolute atomic E-state index is 0.0564. The molecule has 1 atom stereocenters. The van der Waals surface area contributed by atoms with Crippen LogP contribution in [0.3, 0.4) is 0 Å². The summed E-state index contributed by atoms with van der Waals surface area (Å²) in [6.07, 6.45) is 4.25. The van der Waals surface area contributed by atoms with E-state index in [0.29, 0.717) is 18.5 Å². The molecule has 5 nitrogen and oxygen atoms in total. The third-order valence-corrected chi connectivity index (χ3v) is 5.37. The quantitative estimate of drug-likeness (QED) is 0.466. The Morgan fingerprint density at radius 1 is 1.11 bits per heavy atom. The number of amides is 1. The predicted octanol–water partition coefficient (Wildman–Crippen LogP) is 3.69. The standard InChI is InChI=1S/C23H25N3O2/c27-21-12-6-14-26(21)15-7-13-24-22(17-8-2-1-3-9-17)23(28)19-16-25-20-11-5-4-10-18(19)20/h1-5,8-11,16,22,24-25H,6-7,12-15H2/t22-/m1/s1.